The largest absolute Gasteiger partial charge is 0.508 e. The second-order valence-electron chi connectivity index (χ2n) is 5.47. The van der Waals surface area contributed by atoms with Crippen molar-refractivity contribution in [1.29, 1.82) is 0 Å². The molecule has 0 heterocycles. The van der Waals surface area contributed by atoms with E-state index in [2.05, 4.69) is 37.5 Å². The fraction of sp³-hybridized carbons (Fsp3) is 0.647. The van der Waals surface area contributed by atoms with Crippen molar-refractivity contribution < 1.29 is 10.2 Å². The van der Waals surface area contributed by atoms with Gasteiger partial charge in [-0.25, -0.2) is 0 Å². The number of aromatic hydroxyl groups is 2. The molecule has 0 bridgehead atoms. The molecule has 0 aliphatic rings. The van der Waals surface area contributed by atoms with Crippen molar-refractivity contribution in [2.75, 3.05) is 32.7 Å². The number of benzene rings is 1. The minimum absolute atomic E-state index is 0.121. The van der Waals surface area contributed by atoms with Crippen LogP contribution in [-0.2, 0) is 0 Å². The maximum atomic E-state index is 9.62. The van der Waals surface area contributed by atoms with E-state index < -0.39 is 0 Å². The molecule has 2 N–H and O–H groups in total. The molecule has 21 heavy (non-hydrogen) atoms. The first-order valence-electron chi connectivity index (χ1n) is 8.01. The fourth-order valence-corrected chi connectivity index (χ4v) is 2.73. The van der Waals surface area contributed by atoms with Crippen LogP contribution in [0, 0.1) is 0 Å². The lowest BCUT2D eigenvalue weighted by atomic mass is 10.1. The van der Waals surface area contributed by atoms with Gasteiger partial charge < -0.3 is 15.1 Å². The molecular weight excluding hydrogens is 264 g/mol. The molecule has 4 nitrogen and oxygen atoms in total. The molecule has 4 heteroatoms. The quantitative estimate of drug-likeness (QED) is 0.734. The molecule has 1 aromatic carbocycles. The van der Waals surface area contributed by atoms with Crippen LogP contribution in [0.3, 0.4) is 0 Å². The van der Waals surface area contributed by atoms with Gasteiger partial charge in [0.05, 0.1) is 0 Å². The topological polar surface area (TPSA) is 46.9 Å². The smallest absolute Gasteiger partial charge is 0.119 e. The first-order chi connectivity index (χ1) is 10.0. The van der Waals surface area contributed by atoms with Gasteiger partial charge >= 0.3 is 0 Å². The highest BCUT2D eigenvalue weighted by Crippen LogP contribution is 2.28. The van der Waals surface area contributed by atoms with Gasteiger partial charge in [0.15, 0.2) is 0 Å². The fourth-order valence-electron chi connectivity index (χ4n) is 2.73. The van der Waals surface area contributed by atoms with Gasteiger partial charge in [-0.15, -0.1) is 0 Å². The maximum Gasteiger partial charge on any atom is 0.119 e. The van der Waals surface area contributed by atoms with Crippen molar-refractivity contribution in [3.05, 3.63) is 23.8 Å². The summed E-state index contributed by atoms with van der Waals surface area (Å²) in [6.45, 7) is 13.9. The van der Waals surface area contributed by atoms with E-state index in [0.717, 1.165) is 44.7 Å². The van der Waals surface area contributed by atoms with Crippen molar-refractivity contribution in [3.8, 4) is 11.5 Å². The molecule has 1 unspecified atom stereocenters. The zero-order valence-electron chi connectivity index (χ0n) is 13.8. The highest BCUT2D eigenvalue weighted by molar-refractivity contribution is 5.37. The van der Waals surface area contributed by atoms with Crippen LogP contribution in [0.15, 0.2) is 18.2 Å². The average Bonchev–Trinajstić information content (AvgIpc) is 2.46. The van der Waals surface area contributed by atoms with Crippen molar-refractivity contribution in [2.24, 2.45) is 0 Å². The van der Waals surface area contributed by atoms with Crippen molar-refractivity contribution >= 4 is 0 Å². The lowest BCUT2D eigenvalue weighted by molar-refractivity contribution is 0.200. The van der Waals surface area contributed by atoms with E-state index in [1.54, 1.807) is 12.1 Å². The zero-order valence-corrected chi connectivity index (χ0v) is 13.8. The highest BCUT2D eigenvalue weighted by atomic mass is 16.3. The SMILES string of the molecule is CCN(CC)CCCN(CC)C(C)c1cc(O)cc(O)c1. The number of nitrogens with zero attached hydrogens (tertiary/aromatic N) is 2. The predicted octanol–water partition coefficient (Wildman–Crippen LogP) is 3.21. The lowest BCUT2D eigenvalue weighted by Gasteiger charge is -2.29. The predicted molar refractivity (Wildman–Crippen MR) is 87.8 cm³/mol. The van der Waals surface area contributed by atoms with Crippen molar-refractivity contribution in [2.45, 2.75) is 40.2 Å². The summed E-state index contributed by atoms with van der Waals surface area (Å²) in [5.74, 6) is 0.243. The van der Waals surface area contributed by atoms with Crippen molar-refractivity contribution in [3.63, 3.8) is 0 Å². The number of hydrogen-bond donors (Lipinski definition) is 2. The van der Waals surface area contributed by atoms with Gasteiger partial charge in [-0.05, 0) is 63.8 Å². The number of phenolic OH excluding ortho intramolecular Hbond substituents is 2. The van der Waals surface area contributed by atoms with Crippen LogP contribution in [0.25, 0.3) is 0 Å². The Morgan fingerprint density at radius 1 is 0.905 bits per heavy atom. The van der Waals surface area contributed by atoms with E-state index in [9.17, 15) is 10.2 Å². The minimum atomic E-state index is 0.121. The van der Waals surface area contributed by atoms with Gasteiger partial charge in [-0.2, -0.15) is 0 Å². The third-order valence-electron chi connectivity index (χ3n) is 4.18. The van der Waals surface area contributed by atoms with Crippen molar-refractivity contribution in [1.82, 2.24) is 9.80 Å². The molecule has 0 saturated heterocycles. The van der Waals surface area contributed by atoms with Gasteiger partial charge in [-0.3, -0.25) is 4.90 Å². The summed E-state index contributed by atoms with van der Waals surface area (Å²) in [4.78, 5) is 4.80. The Hall–Kier alpha value is -1.26. The molecular formula is C17H30N2O2. The Labute approximate surface area is 129 Å². The third-order valence-corrected chi connectivity index (χ3v) is 4.18. The zero-order chi connectivity index (χ0) is 15.8. The molecule has 1 rings (SSSR count). The Balaban J connectivity index is 2.62. The van der Waals surface area contributed by atoms with E-state index in [1.165, 1.54) is 6.07 Å². The van der Waals surface area contributed by atoms with Crippen LogP contribution in [0.1, 0.15) is 45.7 Å². The molecule has 0 aromatic heterocycles. The van der Waals surface area contributed by atoms with Gasteiger partial charge in [0, 0.05) is 12.1 Å². The van der Waals surface area contributed by atoms with E-state index in [0.29, 0.717) is 0 Å². The van der Waals surface area contributed by atoms with E-state index in [1.807, 2.05) is 0 Å². The van der Waals surface area contributed by atoms with Gasteiger partial charge in [-0.1, -0.05) is 20.8 Å². The summed E-state index contributed by atoms with van der Waals surface area (Å²) in [5.41, 5.74) is 0.956. The molecule has 0 radical (unpaired) electrons. The average molecular weight is 294 g/mol. The van der Waals surface area contributed by atoms with E-state index in [4.69, 9.17) is 0 Å². The summed E-state index contributed by atoms with van der Waals surface area (Å²) in [6.07, 6.45) is 1.13. The molecule has 0 spiro atoms. The Bertz CT molecular complexity index is 399. The maximum absolute atomic E-state index is 9.62. The van der Waals surface area contributed by atoms with Gasteiger partial charge in [0.1, 0.15) is 11.5 Å². The van der Waals surface area contributed by atoms with Gasteiger partial charge in [0.2, 0.25) is 0 Å². The molecule has 120 valence electrons. The molecule has 0 saturated carbocycles. The molecule has 0 amide bonds. The second-order valence-corrected chi connectivity index (χ2v) is 5.47. The highest BCUT2D eigenvalue weighted by Gasteiger charge is 2.15. The van der Waals surface area contributed by atoms with Crippen LogP contribution in [-0.4, -0.2) is 52.7 Å². The Kier molecular flexibility index (Phi) is 7.54. The summed E-state index contributed by atoms with van der Waals surface area (Å²) < 4.78 is 0. The Morgan fingerprint density at radius 2 is 1.48 bits per heavy atom. The summed E-state index contributed by atoms with van der Waals surface area (Å²) >= 11 is 0. The third kappa shape index (κ3) is 5.56. The summed E-state index contributed by atoms with van der Waals surface area (Å²) in [7, 11) is 0. The van der Waals surface area contributed by atoms with E-state index >= 15 is 0 Å². The lowest BCUT2D eigenvalue weighted by Crippen LogP contribution is -2.31. The monoisotopic (exact) mass is 294 g/mol. The molecule has 0 aliphatic carbocycles. The first-order valence-corrected chi connectivity index (χ1v) is 8.01. The second kappa shape index (κ2) is 8.90. The standard InChI is InChI=1S/C17H30N2O2/c1-5-18(6-2)9-8-10-19(7-3)14(4)15-11-16(20)13-17(21)12-15/h11-14,20-21H,5-10H2,1-4H3. The van der Waals surface area contributed by atoms with Crippen LogP contribution in [0.4, 0.5) is 0 Å². The van der Waals surface area contributed by atoms with Crippen LogP contribution >= 0.6 is 0 Å². The number of hydrogen-bond acceptors (Lipinski definition) is 4. The van der Waals surface area contributed by atoms with Gasteiger partial charge in [0.25, 0.3) is 0 Å². The number of rotatable bonds is 9. The summed E-state index contributed by atoms with van der Waals surface area (Å²) in [5, 5.41) is 19.2. The number of phenols is 2. The molecule has 1 aromatic rings. The normalized spacial score (nSPS) is 13.0. The molecule has 0 aliphatic heterocycles. The summed E-state index contributed by atoms with van der Waals surface area (Å²) in [6, 6.07) is 5.02. The van der Waals surface area contributed by atoms with Crippen LogP contribution in [0.5, 0.6) is 11.5 Å². The van der Waals surface area contributed by atoms with Crippen LogP contribution in [0.2, 0.25) is 0 Å². The Morgan fingerprint density at radius 3 is 1.95 bits per heavy atom. The first kappa shape index (κ1) is 17.8. The minimum Gasteiger partial charge on any atom is -0.508 e. The van der Waals surface area contributed by atoms with Crippen LogP contribution < -0.4 is 0 Å². The van der Waals surface area contributed by atoms with E-state index in [-0.39, 0.29) is 17.5 Å². The molecule has 1 atom stereocenters. The molecule has 0 fully saturated rings.